The summed E-state index contributed by atoms with van der Waals surface area (Å²) in [6, 6.07) is 2.49. The minimum atomic E-state index is -1.47. The molecule has 0 aromatic heterocycles. The van der Waals surface area contributed by atoms with E-state index >= 15 is 0 Å². The van der Waals surface area contributed by atoms with Crippen molar-refractivity contribution < 1.29 is 8.85 Å². The lowest BCUT2D eigenvalue weighted by Gasteiger charge is -2.39. The third-order valence-electron chi connectivity index (χ3n) is 4.80. The van der Waals surface area contributed by atoms with Crippen molar-refractivity contribution in [2.24, 2.45) is 11.8 Å². The maximum Gasteiger partial charge on any atom is 0.186 e. The predicted molar refractivity (Wildman–Crippen MR) is 112 cm³/mol. The smallest absolute Gasteiger partial charge is 0.186 e. The van der Waals surface area contributed by atoms with Gasteiger partial charge < -0.3 is 13.4 Å². The Balaban J connectivity index is 4.78. The highest BCUT2D eigenvalue weighted by Crippen LogP contribution is 2.24. The normalized spacial score (nSPS) is 16.7. The van der Waals surface area contributed by atoms with Crippen LogP contribution >= 0.6 is 0 Å². The van der Waals surface area contributed by atoms with Crippen molar-refractivity contribution in [1.29, 1.82) is 0 Å². The average Bonchev–Trinajstić information content (AvgIpc) is 2.35. The number of nitrogens with zero attached hydrogens (tertiary/aromatic N) is 1. The van der Waals surface area contributed by atoms with Gasteiger partial charge in [0.15, 0.2) is 16.6 Å². The molecule has 0 aromatic carbocycles. The first-order valence-electron chi connectivity index (χ1n) is 9.08. The van der Waals surface area contributed by atoms with Crippen molar-refractivity contribution in [1.82, 2.24) is 4.57 Å². The Hall–Kier alpha value is 0.531. The topological polar surface area (TPSA) is 21.7 Å². The van der Waals surface area contributed by atoms with Gasteiger partial charge in [0.1, 0.15) is 8.24 Å². The maximum absolute atomic E-state index is 5.76. The van der Waals surface area contributed by atoms with Gasteiger partial charge >= 0.3 is 0 Å². The largest absolute Gasteiger partial charge is 0.420 e. The van der Waals surface area contributed by atoms with Crippen molar-refractivity contribution in [2.45, 2.75) is 71.8 Å². The summed E-state index contributed by atoms with van der Waals surface area (Å²) in [6.45, 7) is 24.0. The lowest BCUT2D eigenvalue weighted by atomic mass is 10.2. The van der Waals surface area contributed by atoms with Crippen molar-refractivity contribution in [3.8, 4) is 0 Å². The standard InChI is InChI=1S/C17H43NO2Si3/c1-16(14-22(8,9)19-3)12-18(21(5,6)7)13-17(2)15-23(10,11)20-4/h16-17H,12-15H2,1-11H3. The minimum absolute atomic E-state index is 0.711. The summed E-state index contributed by atoms with van der Waals surface area (Å²) in [5.74, 6) is 1.42. The van der Waals surface area contributed by atoms with Gasteiger partial charge in [-0.1, -0.05) is 33.5 Å². The second-order valence-electron chi connectivity index (χ2n) is 9.62. The number of rotatable bonds is 11. The van der Waals surface area contributed by atoms with Crippen LogP contribution in [0.2, 0.25) is 57.9 Å². The molecule has 0 rings (SSSR count). The first kappa shape index (κ1) is 23.5. The summed E-state index contributed by atoms with van der Waals surface area (Å²) >= 11 is 0. The Labute approximate surface area is 149 Å². The SMILES string of the molecule is CO[Si](C)(C)CC(C)CN(CC(C)C[Si](C)(C)OC)[Si](C)(C)C. The third-order valence-corrected chi connectivity index (χ3v) is 12.6. The van der Waals surface area contributed by atoms with Crippen LogP contribution in [0.1, 0.15) is 13.8 Å². The van der Waals surface area contributed by atoms with Gasteiger partial charge in [-0.15, -0.1) is 0 Å². The molecule has 6 heteroatoms. The number of hydrogen-bond donors (Lipinski definition) is 0. The van der Waals surface area contributed by atoms with E-state index in [2.05, 4.69) is 64.2 Å². The van der Waals surface area contributed by atoms with Gasteiger partial charge in [-0.2, -0.15) is 0 Å². The second-order valence-corrected chi connectivity index (χ2v) is 23.3. The van der Waals surface area contributed by atoms with Crippen molar-refractivity contribution in [3.63, 3.8) is 0 Å². The molecule has 2 unspecified atom stereocenters. The molecule has 0 spiro atoms. The van der Waals surface area contributed by atoms with Crippen LogP contribution in [0.5, 0.6) is 0 Å². The zero-order valence-electron chi connectivity index (χ0n) is 17.7. The van der Waals surface area contributed by atoms with Gasteiger partial charge in [-0.05, 0) is 63.2 Å². The van der Waals surface area contributed by atoms with Crippen LogP contribution in [0.4, 0.5) is 0 Å². The summed E-state index contributed by atoms with van der Waals surface area (Å²) in [6.07, 6.45) is 0. The van der Waals surface area contributed by atoms with Crippen LogP contribution in [-0.4, -0.2) is 56.7 Å². The van der Waals surface area contributed by atoms with Crippen LogP contribution in [0.25, 0.3) is 0 Å². The Kier molecular flexibility index (Phi) is 9.50. The van der Waals surface area contributed by atoms with Gasteiger partial charge in [-0.25, -0.2) is 0 Å². The first-order chi connectivity index (χ1) is 10.2. The van der Waals surface area contributed by atoms with E-state index in [0.717, 1.165) is 0 Å². The van der Waals surface area contributed by atoms with Gasteiger partial charge in [0, 0.05) is 14.2 Å². The van der Waals surface area contributed by atoms with E-state index in [1.54, 1.807) is 0 Å². The fourth-order valence-corrected chi connectivity index (χ4v) is 9.02. The molecule has 140 valence electrons. The Bertz CT molecular complexity index is 317. The lowest BCUT2D eigenvalue weighted by Crippen LogP contribution is -2.51. The summed E-state index contributed by atoms with van der Waals surface area (Å²) in [5, 5.41) is 0. The minimum Gasteiger partial charge on any atom is -0.420 e. The van der Waals surface area contributed by atoms with Crippen molar-refractivity contribution >= 4 is 24.9 Å². The molecule has 0 saturated heterocycles. The number of hydrogen-bond acceptors (Lipinski definition) is 3. The Morgan fingerprint density at radius 3 is 1.22 bits per heavy atom. The lowest BCUT2D eigenvalue weighted by molar-refractivity contribution is 0.312. The van der Waals surface area contributed by atoms with Crippen LogP contribution in [0.3, 0.4) is 0 Å². The highest BCUT2D eigenvalue weighted by molar-refractivity contribution is 6.73. The van der Waals surface area contributed by atoms with Crippen LogP contribution < -0.4 is 0 Å². The molecule has 0 aliphatic rings. The molecule has 0 bridgehead atoms. The second kappa shape index (κ2) is 9.29. The molecule has 23 heavy (non-hydrogen) atoms. The zero-order chi connectivity index (χ0) is 18.5. The summed E-state index contributed by atoms with van der Waals surface area (Å²) < 4.78 is 14.3. The highest BCUT2D eigenvalue weighted by Gasteiger charge is 2.31. The van der Waals surface area contributed by atoms with Crippen molar-refractivity contribution in [2.75, 3.05) is 27.3 Å². The maximum atomic E-state index is 5.76. The van der Waals surface area contributed by atoms with Crippen molar-refractivity contribution in [3.05, 3.63) is 0 Å². The van der Waals surface area contributed by atoms with Gasteiger partial charge in [0.2, 0.25) is 0 Å². The average molecular weight is 378 g/mol. The highest BCUT2D eigenvalue weighted by atomic mass is 28.4. The molecule has 3 nitrogen and oxygen atoms in total. The Morgan fingerprint density at radius 2 is 1.00 bits per heavy atom. The first-order valence-corrected chi connectivity index (χ1v) is 18.8. The van der Waals surface area contributed by atoms with E-state index < -0.39 is 24.9 Å². The quantitative estimate of drug-likeness (QED) is 0.468. The van der Waals surface area contributed by atoms with E-state index in [1.807, 2.05) is 14.2 Å². The molecule has 0 radical (unpaired) electrons. The van der Waals surface area contributed by atoms with Gasteiger partial charge in [0.05, 0.1) is 0 Å². The van der Waals surface area contributed by atoms with E-state index in [9.17, 15) is 0 Å². The van der Waals surface area contributed by atoms with E-state index in [1.165, 1.54) is 25.2 Å². The molecule has 0 aliphatic heterocycles. The van der Waals surface area contributed by atoms with Gasteiger partial charge in [-0.3, -0.25) is 0 Å². The fraction of sp³-hybridized carbons (Fsp3) is 1.00. The summed E-state index contributed by atoms with van der Waals surface area (Å²) in [7, 11) is -0.483. The molecule has 0 fully saturated rings. The van der Waals surface area contributed by atoms with E-state index in [0.29, 0.717) is 11.8 Å². The summed E-state index contributed by atoms with van der Waals surface area (Å²) in [5.41, 5.74) is 0. The molecule has 0 amide bonds. The molecule has 0 aromatic rings. The Morgan fingerprint density at radius 1 is 0.696 bits per heavy atom. The predicted octanol–water partition coefficient (Wildman–Crippen LogP) is 5.10. The van der Waals surface area contributed by atoms with Crippen LogP contribution in [0, 0.1) is 11.8 Å². The third kappa shape index (κ3) is 10.2. The molecular weight excluding hydrogens is 334 g/mol. The molecule has 0 aliphatic carbocycles. The molecule has 0 heterocycles. The van der Waals surface area contributed by atoms with Crippen LogP contribution in [-0.2, 0) is 8.85 Å². The van der Waals surface area contributed by atoms with E-state index in [-0.39, 0.29) is 0 Å². The molecular formula is C17H43NO2Si3. The molecule has 2 atom stereocenters. The zero-order valence-corrected chi connectivity index (χ0v) is 20.7. The van der Waals surface area contributed by atoms with E-state index in [4.69, 9.17) is 8.85 Å². The fourth-order valence-electron chi connectivity index (χ4n) is 3.35. The molecule has 0 saturated carbocycles. The van der Waals surface area contributed by atoms with Crippen LogP contribution in [0.15, 0.2) is 0 Å². The van der Waals surface area contributed by atoms with Gasteiger partial charge in [0.25, 0.3) is 0 Å². The monoisotopic (exact) mass is 377 g/mol. The summed E-state index contributed by atoms with van der Waals surface area (Å²) in [4.78, 5) is 0. The molecule has 0 N–H and O–H groups in total.